The first-order valence-electron chi connectivity index (χ1n) is 7.44. The summed E-state index contributed by atoms with van der Waals surface area (Å²) in [6, 6.07) is 0. The van der Waals surface area contributed by atoms with Crippen LogP contribution < -0.4 is 0 Å². The van der Waals surface area contributed by atoms with Gasteiger partial charge < -0.3 is 0 Å². The molecule has 2 fully saturated rings. The predicted molar refractivity (Wildman–Crippen MR) is 71.3 cm³/mol. The van der Waals surface area contributed by atoms with E-state index in [1.54, 1.807) is 0 Å². The van der Waals surface area contributed by atoms with Gasteiger partial charge in [0, 0.05) is 0 Å². The van der Waals surface area contributed by atoms with E-state index < -0.39 is 0 Å². The van der Waals surface area contributed by atoms with E-state index in [-0.39, 0.29) is 0 Å². The van der Waals surface area contributed by atoms with Gasteiger partial charge in [0.25, 0.3) is 0 Å². The van der Waals surface area contributed by atoms with E-state index >= 15 is 0 Å². The van der Waals surface area contributed by atoms with Gasteiger partial charge in [0.05, 0.1) is 0 Å². The maximum absolute atomic E-state index is 2.53. The minimum atomic E-state index is 0.620. The molecule has 0 aliphatic heterocycles. The van der Waals surface area contributed by atoms with Crippen molar-refractivity contribution >= 4 is 0 Å². The van der Waals surface area contributed by atoms with Crippen LogP contribution in [0.3, 0.4) is 0 Å². The van der Waals surface area contributed by atoms with E-state index in [9.17, 15) is 0 Å². The molecule has 3 atom stereocenters. The van der Waals surface area contributed by atoms with Gasteiger partial charge in [-0.15, -0.1) is 0 Å². The summed E-state index contributed by atoms with van der Waals surface area (Å²) in [5.41, 5.74) is 0.620. The molecule has 0 amide bonds. The van der Waals surface area contributed by atoms with Crippen LogP contribution in [0.15, 0.2) is 0 Å². The molecular formula is C16H30. The normalized spacial score (nSPS) is 39.0. The number of rotatable bonds is 3. The first kappa shape index (κ1) is 12.5. The van der Waals surface area contributed by atoms with E-state index in [4.69, 9.17) is 0 Å². The fraction of sp³-hybridized carbons (Fsp3) is 1.00. The van der Waals surface area contributed by atoms with Crippen LogP contribution >= 0.6 is 0 Å². The monoisotopic (exact) mass is 222 g/mol. The molecule has 0 spiro atoms. The Hall–Kier alpha value is 0. The molecule has 0 radical (unpaired) electrons. The van der Waals surface area contributed by atoms with Gasteiger partial charge in [-0.3, -0.25) is 0 Å². The summed E-state index contributed by atoms with van der Waals surface area (Å²) < 4.78 is 0. The van der Waals surface area contributed by atoms with Crippen molar-refractivity contribution in [3.8, 4) is 0 Å². The Balaban J connectivity index is 2.06. The molecule has 2 rings (SSSR count). The molecular weight excluding hydrogens is 192 g/mol. The largest absolute Gasteiger partial charge is 0.0628 e. The quantitative estimate of drug-likeness (QED) is 0.621. The van der Waals surface area contributed by atoms with Gasteiger partial charge in [0.1, 0.15) is 0 Å². The fourth-order valence-electron chi connectivity index (χ4n) is 4.77. The minimum Gasteiger partial charge on any atom is -0.0628 e. The summed E-state index contributed by atoms with van der Waals surface area (Å²) in [5.74, 6) is 4.95. The van der Waals surface area contributed by atoms with Crippen LogP contribution in [0, 0.1) is 35.0 Å². The molecule has 0 aromatic heterocycles. The van der Waals surface area contributed by atoms with Crippen molar-refractivity contribution in [3.63, 3.8) is 0 Å². The van der Waals surface area contributed by atoms with Crippen LogP contribution in [-0.2, 0) is 0 Å². The van der Waals surface area contributed by atoms with Crippen molar-refractivity contribution in [2.24, 2.45) is 35.0 Å². The summed E-state index contributed by atoms with van der Waals surface area (Å²) in [4.78, 5) is 0. The third-order valence-corrected chi connectivity index (χ3v) is 5.79. The van der Waals surface area contributed by atoms with Crippen LogP contribution in [0.25, 0.3) is 0 Å². The lowest BCUT2D eigenvalue weighted by atomic mass is 9.44. The zero-order valence-corrected chi connectivity index (χ0v) is 11.9. The average Bonchev–Trinajstić information content (AvgIpc) is 2.68. The highest BCUT2D eigenvalue weighted by molar-refractivity contribution is 5.04. The van der Waals surface area contributed by atoms with Gasteiger partial charge in [-0.1, -0.05) is 60.3 Å². The van der Waals surface area contributed by atoms with Crippen molar-refractivity contribution < 1.29 is 0 Å². The Morgan fingerprint density at radius 2 is 1.69 bits per heavy atom. The molecule has 16 heavy (non-hydrogen) atoms. The Morgan fingerprint density at radius 1 is 1.12 bits per heavy atom. The van der Waals surface area contributed by atoms with Gasteiger partial charge >= 0.3 is 0 Å². The molecule has 2 saturated carbocycles. The first-order valence-corrected chi connectivity index (χ1v) is 7.44. The van der Waals surface area contributed by atoms with Crippen molar-refractivity contribution in [2.75, 3.05) is 0 Å². The molecule has 2 aliphatic carbocycles. The molecule has 0 heteroatoms. The highest BCUT2D eigenvalue weighted by Gasteiger charge is 2.55. The molecule has 94 valence electrons. The van der Waals surface area contributed by atoms with Crippen molar-refractivity contribution in [2.45, 2.75) is 66.7 Å². The Morgan fingerprint density at radius 3 is 2.19 bits per heavy atom. The van der Waals surface area contributed by atoms with Crippen LogP contribution in [0.4, 0.5) is 0 Å². The summed E-state index contributed by atoms with van der Waals surface area (Å²) in [6.07, 6.45) is 7.51. The fourth-order valence-corrected chi connectivity index (χ4v) is 4.77. The maximum atomic E-state index is 2.53. The van der Waals surface area contributed by atoms with Crippen molar-refractivity contribution in [1.82, 2.24) is 0 Å². The maximum Gasteiger partial charge on any atom is -0.0292 e. The van der Waals surface area contributed by atoms with Gasteiger partial charge in [-0.25, -0.2) is 0 Å². The van der Waals surface area contributed by atoms with Gasteiger partial charge in [0.2, 0.25) is 0 Å². The Labute approximate surface area is 102 Å². The van der Waals surface area contributed by atoms with Gasteiger partial charge in [-0.05, 0) is 41.4 Å². The second-order valence-electron chi connectivity index (χ2n) is 7.47. The minimum absolute atomic E-state index is 0.620. The molecule has 0 aromatic carbocycles. The third kappa shape index (κ3) is 1.93. The van der Waals surface area contributed by atoms with Crippen LogP contribution in [0.2, 0.25) is 0 Å². The highest BCUT2D eigenvalue weighted by atomic mass is 14.6. The molecule has 0 heterocycles. The smallest absolute Gasteiger partial charge is 0.0292 e. The highest BCUT2D eigenvalue weighted by Crippen LogP contribution is 2.62. The van der Waals surface area contributed by atoms with Gasteiger partial charge in [0.15, 0.2) is 0 Å². The van der Waals surface area contributed by atoms with Crippen LogP contribution in [0.1, 0.15) is 66.7 Å². The summed E-state index contributed by atoms with van der Waals surface area (Å²) >= 11 is 0. The van der Waals surface area contributed by atoms with E-state index in [0.717, 1.165) is 29.6 Å². The van der Waals surface area contributed by atoms with Crippen LogP contribution in [-0.4, -0.2) is 0 Å². The molecule has 0 bridgehead atoms. The second kappa shape index (κ2) is 4.35. The van der Waals surface area contributed by atoms with Crippen molar-refractivity contribution in [3.05, 3.63) is 0 Å². The lowest BCUT2D eigenvalue weighted by molar-refractivity contribution is -0.126. The Kier molecular flexibility index (Phi) is 3.39. The van der Waals surface area contributed by atoms with Gasteiger partial charge in [-0.2, -0.15) is 0 Å². The van der Waals surface area contributed by atoms with E-state index in [1.165, 1.54) is 32.1 Å². The molecule has 2 aliphatic rings. The van der Waals surface area contributed by atoms with Crippen LogP contribution in [0.5, 0.6) is 0 Å². The molecule has 0 N–H and O–H groups in total. The molecule has 3 unspecified atom stereocenters. The second-order valence-corrected chi connectivity index (χ2v) is 7.47. The molecule has 0 saturated heterocycles. The molecule has 0 nitrogen and oxygen atoms in total. The Bertz CT molecular complexity index is 232. The lowest BCUT2D eigenvalue weighted by Gasteiger charge is -2.61. The lowest BCUT2D eigenvalue weighted by Crippen LogP contribution is -2.55. The zero-order chi connectivity index (χ0) is 11.9. The predicted octanol–water partition coefficient (Wildman–Crippen LogP) is 5.13. The number of hydrogen-bond donors (Lipinski definition) is 0. The van der Waals surface area contributed by atoms with E-state index in [2.05, 4.69) is 34.6 Å². The summed E-state index contributed by atoms with van der Waals surface area (Å²) in [5, 5.41) is 0. The standard InChI is InChI=1S/C16H30/c1-11(2)10-14-12(3)16(4,5)15(14)13-8-6-7-9-13/h11-15H,6-10H2,1-5H3. The van der Waals surface area contributed by atoms with E-state index in [0.29, 0.717) is 5.41 Å². The third-order valence-electron chi connectivity index (χ3n) is 5.79. The average molecular weight is 222 g/mol. The summed E-state index contributed by atoms with van der Waals surface area (Å²) in [7, 11) is 0. The topological polar surface area (TPSA) is 0 Å². The zero-order valence-electron chi connectivity index (χ0n) is 11.9. The first-order chi connectivity index (χ1) is 7.44. The summed E-state index contributed by atoms with van der Waals surface area (Å²) in [6.45, 7) is 12.3. The van der Waals surface area contributed by atoms with Crippen molar-refractivity contribution in [1.29, 1.82) is 0 Å². The SMILES string of the molecule is CC(C)CC1C(C)C(C)(C)C1C1CCCC1. The number of hydrogen-bond acceptors (Lipinski definition) is 0. The van der Waals surface area contributed by atoms with E-state index in [1.807, 2.05) is 0 Å². The molecule has 0 aromatic rings.